The number of nitrogens with one attached hydrogen (secondary N) is 3. The number of hydrogen-bond acceptors (Lipinski definition) is 6. The van der Waals surface area contributed by atoms with Crippen molar-refractivity contribution in [2.45, 2.75) is 70.1 Å². The number of amides is 4. The number of carbonyl (C=O) groups is 5. The van der Waals surface area contributed by atoms with Crippen LogP contribution >= 0.6 is 0 Å². The lowest BCUT2D eigenvalue weighted by Gasteiger charge is -2.29. The Balaban J connectivity index is 1.65. The van der Waals surface area contributed by atoms with Crippen LogP contribution in [0.3, 0.4) is 0 Å². The van der Waals surface area contributed by atoms with Gasteiger partial charge in [0.15, 0.2) is 0 Å². The van der Waals surface area contributed by atoms with E-state index < -0.39 is 47.9 Å². The van der Waals surface area contributed by atoms with Gasteiger partial charge >= 0.3 is 5.97 Å². The predicted molar refractivity (Wildman–Crippen MR) is 139 cm³/mol. The molecular formula is C26H36N6O6. The largest absolute Gasteiger partial charge is 0.480 e. The van der Waals surface area contributed by atoms with Gasteiger partial charge in [-0.2, -0.15) is 0 Å². The van der Waals surface area contributed by atoms with Crippen LogP contribution in [0, 0.1) is 5.92 Å². The molecule has 12 nitrogen and oxygen atoms in total. The van der Waals surface area contributed by atoms with Gasteiger partial charge in [0, 0.05) is 30.1 Å². The lowest BCUT2D eigenvalue weighted by atomic mass is 10.0. The fourth-order valence-corrected chi connectivity index (χ4v) is 4.73. The highest BCUT2D eigenvalue weighted by molar-refractivity contribution is 5.95. The third-order valence-corrected chi connectivity index (χ3v) is 6.81. The van der Waals surface area contributed by atoms with E-state index >= 15 is 0 Å². The molecule has 0 aliphatic carbocycles. The smallest absolute Gasteiger partial charge is 0.326 e. The number of carbonyl (C=O) groups excluding carboxylic acids is 4. The van der Waals surface area contributed by atoms with Crippen molar-refractivity contribution in [1.29, 1.82) is 0 Å². The van der Waals surface area contributed by atoms with Crippen molar-refractivity contribution in [1.82, 2.24) is 20.5 Å². The first-order valence-corrected chi connectivity index (χ1v) is 12.7. The van der Waals surface area contributed by atoms with Crippen molar-refractivity contribution in [2.24, 2.45) is 17.4 Å². The summed E-state index contributed by atoms with van der Waals surface area (Å²) in [5.74, 6) is -3.93. The van der Waals surface area contributed by atoms with Gasteiger partial charge in [-0.05, 0) is 43.2 Å². The summed E-state index contributed by atoms with van der Waals surface area (Å²) in [4.78, 5) is 66.6. The summed E-state index contributed by atoms with van der Waals surface area (Å²) in [7, 11) is 0. The molecule has 4 amide bonds. The number of aromatic amines is 1. The van der Waals surface area contributed by atoms with E-state index in [2.05, 4.69) is 15.6 Å². The number of likely N-dealkylation sites (tertiary alicyclic amines) is 1. The number of primary amides is 1. The first-order chi connectivity index (χ1) is 18.0. The second-order valence-corrected chi connectivity index (χ2v) is 9.99. The van der Waals surface area contributed by atoms with Crippen molar-refractivity contribution in [3.8, 4) is 0 Å². The van der Waals surface area contributed by atoms with Crippen LogP contribution in [0.5, 0.6) is 0 Å². The van der Waals surface area contributed by atoms with Gasteiger partial charge in [-0.1, -0.05) is 32.0 Å². The maximum atomic E-state index is 13.3. The molecule has 2 heterocycles. The molecule has 1 saturated heterocycles. The van der Waals surface area contributed by atoms with Crippen molar-refractivity contribution >= 4 is 40.5 Å². The number of para-hydroxylation sites is 1. The summed E-state index contributed by atoms with van der Waals surface area (Å²) in [5.41, 5.74) is 13.2. The third-order valence-electron chi connectivity index (χ3n) is 6.81. The number of hydrogen-bond donors (Lipinski definition) is 6. The summed E-state index contributed by atoms with van der Waals surface area (Å²) in [5, 5.41) is 15.4. The van der Waals surface area contributed by atoms with Gasteiger partial charge in [-0.25, -0.2) is 4.79 Å². The Labute approximate surface area is 220 Å². The van der Waals surface area contributed by atoms with Crippen LogP contribution in [-0.4, -0.2) is 75.3 Å². The number of aliphatic carboxylic acids is 1. The van der Waals surface area contributed by atoms with Crippen LogP contribution in [0.25, 0.3) is 10.9 Å². The molecule has 1 aromatic heterocycles. The molecule has 1 aromatic carbocycles. The lowest BCUT2D eigenvalue weighted by Crippen LogP contribution is -2.58. The van der Waals surface area contributed by atoms with E-state index in [1.54, 1.807) is 13.8 Å². The van der Waals surface area contributed by atoms with Gasteiger partial charge in [0.2, 0.25) is 23.6 Å². The molecular weight excluding hydrogens is 492 g/mol. The minimum absolute atomic E-state index is 0.172. The number of benzene rings is 1. The van der Waals surface area contributed by atoms with Gasteiger partial charge < -0.3 is 37.1 Å². The molecule has 1 aliphatic heterocycles. The fourth-order valence-electron chi connectivity index (χ4n) is 4.73. The zero-order chi connectivity index (χ0) is 28.0. The Kier molecular flexibility index (Phi) is 9.45. The topological polar surface area (TPSA) is 201 Å². The second-order valence-electron chi connectivity index (χ2n) is 9.99. The minimum atomic E-state index is -1.33. The average molecular weight is 529 g/mol. The van der Waals surface area contributed by atoms with Crippen LogP contribution in [0.1, 0.15) is 45.1 Å². The van der Waals surface area contributed by atoms with Crippen molar-refractivity contribution < 1.29 is 29.1 Å². The number of rotatable bonds is 12. The second kappa shape index (κ2) is 12.5. The zero-order valence-corrected chi connectivity index (χ0v) is 21.6. The van der Waals surface area contributed by atoms with Crippen LogP contribution in [0.15, 0.2) is 30.5 Å². The van der Waals surface area contributed by atoms with E-state index in [1.165, 1.54) is 4.90 Å². The average Bonchev–Trinajstić information content (AvgIpc) is 3.51. The Bertz CT molecular complexity index is 1190. The molecule has 8 N–H and O–H groups in total. The molecule has 4 atom stereocenters. The first-order valence-electron chi connectivity index (χ1n) is 12.7. The SMILES string of the molecule is CC(C)C(NC(=O)C1CCCN1C(=O)C(N)Cc1c[nH]c2ccccc12)C(=O)NC(CCC(N)=O)C(=O)O. The summed E-state index contributed by atoms with van der Waals surface area (Å²) < 4.78 is 0. The molecule has 0 saturated carbocycles. The highest BCUT2D eigenvalue weighted by Gasteiger charge is 2.38. The molecule has 206 valence electrons. The van der Waals surface area contributed by atoms with E-state index in [0.29, 0.717) is 25.8 Å². The van der Waals surface area contributed by atoms with Gasteiger partial charge in [0.05, 0.1) is 6.04 Å². The molecule has 38 heavy (non-hydrogen) atoms. The van der Waals surface area contributed by atoms with Gasteiger partial charge in [-0.15, -0.1) is 0 Å². The number of nitrogens with two attached hydrogens (primary N) is 2. The molecule has 0 spiro atoms. The van der Waals surface area contributed by atoms with Crippen LogP contribution in [0.2, 0.25) is 0 Å². The molecule has 2 aromatic rings. The monoisotopic (exact) mass is 528 g/mol. The minimum Gasteiger partial charge on any atom is -0.480 e. The molecule has 1 aliphatic rings. The number of carboxylic acids is 1. The first kappa shape index (κ1) is 28.6. The lowest BCUT2D eigenvalue weighted by molar-refractivity contribution is -0.143. The Hall–Kier alpha value is -3.93. The van der Waals surface area contributed by atoms with Gasteiger partial charge in [-0.3, -0.25) is 19.2 Å². The van der Waals surface area contributed by atoms with E-state index in [0.717, 1.165) is 16.5 Å². The van der Waals surface area contributed by atoms with Crippen molar-refractivity contribution in [3.05, 3.63) is 36.0 Å². The summed E-state index contributed by atoms with van der Waals surface area (Å²) >= 11 is 0. The van der Waals surface area contributed by atoms with Crippen molar-refractivity contribution in [3.63, 3.8) is 0 Å². The molecule has 4 unspecified atom stereocenters. The fraction of sp³-hybridized carbons (Fsp3) is 0.500. The van der Waals surface area contributed by atoms with Crippen LogP contribution < -0.4 is 22.1 Å². The highest BCUT2D eigenvalue weighted by Crippen LogP contribution is 2.22. The molecule has 3 rings (SSSR count). The zero-order valence-electron chi connectivity index (χ0n) is 21.6. The summed E-state index contributed by atoms with van der Waals surface area (Å²) in [6.45, 7) is 3.78. The van der Waals surface area contributed by atoms with Gasteiger partial charge in [0.25, 0.3) is 0 Å². The molecule has 12 heteroatoms. The van der Waals surface area contributed by atoms with E-state index in [4.69, 9.17) is 11.5 Å². The Morgan fingerprint density at radius 3 is 2.53 bits per heavy atom. The summed E-state index contributed by atoms with van der Waals surface area (Å²) in [6.07, 6.45) is 2.76. The third kappa shape index (κ3) is 6.88. The maximum absolute atomic E-state index is 13.3. The number of H-pyrrole nitrogens is 1. The molecule has 1 fully saturated rings. The predicted octanol–water partition coefficient (Wildman–Crippen LogP) is 0.00440. The van der Waals surface area contributed by atoms with Gasteiger partial charge in [0.1, 0.15) is 18.1 Å². The molecule has 0 bridgehead atoms. The molecule has 0 radical (unpaired) electrons. The van der Waals surface area contributed by atoms with E-state index in [9.17, 15) is 29.1 Å². The van der Waals surface area contributed by atoms with Crippen molar-refractivity contribution in [2.75, 3.05) is 6.54 Å². The van der Waals surface area contributed by atoms with E-state index in [1.807, 2.05) is 30.5 Å². The Morgan fingerprint density at radius 1 is 1.16 bits per heavy atom. The number of fused-ring (bicyclic) bond motifs is 1. The normalized spacial score (nSPS) is 17.7. The quantitative estimate of drug-likeness (QED) is 0.222. The number of carboxylic acid groups (broad SMARTS) is 1. The van der Waals surface area contributed by atoms with Crippen LogP contribution in [-0.2, 0) is 30.4 Å². The number of aromatic nitrogens is 1. The maximum Gasteiger partial charge on any atom is 0.326 e. The van der Waals surface area contributed by atoms with Crippen LogP contribution in [0.4, 0.5) is 0 Å². The van der Waals surface area contributed by atoms with E-state index in [-0.39, 0.29) is 24.7 Å². The number of nitrogens with zero attached hydrogens (tertiary/aromatic N) is 1. The highest BCUT2D eigenvalue weighted by atomic mass is 16.4. The summed E-state index contributed by atoms with van der Waals surface area (Å²) in [6, 6.07) is 3.68. The standard InChI is InChI=1S/C26H36N6O6/c1-14(2)22(24(35)30-19(26(37)38)9-10-21(28)33)31-23(34)20-8-5-11-32(20)25(36)17(27)12-15-13-29-18-7-4-3-6-16(15)18/h3-4,6-7,13-14,17,19-20,22,29H,5,8-12,27H2,1-2H3,(H2,28,33)(H,30,35)(H,31,34)(H,37,38). The Morgan fingerprint density at radius 2 is 1.87 bits per heavy atom.